The highest BCUT2D eigenvalue weighted by atomic mass is 16.5. The normalized spacial score (nSPS) is 16.6. The Hall–Kier alpha value is -1.59. The topological polar surface area (TPSA) is 50.8 Å². The van der Waals surface area contributed by atoms with Crippen molar-refractivity contribution < 1.29 is 14.3 Å². The Morgan fingerprint density at radius 2 is 2.10 bits per heavy atom. The standard InChI is InChI=1S/C16H24N2O3/c1-13(16(19)18-8-11-21-12-9-18)17-15-6-4-3-5-14(15)7-10-20-2/h3-6,13,17H,7-12H2,1-2H3. The lowest BCUT2D eigenvalue weighted by Gasteiger charge is -2.30. The van der Waals surface area contributed by atoms with Crippen LogP contribution in [0.2, 0.25) is 0 Å². The summed E-state index contributed by atoms with van der Waals surface area (Å²) in [5, 5.41) is 3.33. The fourth-order valence-corrected chi connectivity index (χ4v) is 2.44. The molecule has 1 aromatic rings. The number of hydrogen-bond donors (Lipinski definition) is 1. The quantitative estimate of drug-likeness (QED) is 0.864. The number of nitrogens with one attached hydrogen (secondary N) is 1. The van der Waals surface area contributed by atoms with Gasteiger partial charge in [-0.25, -0.2) is 0 Å². The summed E-state index contributed by atoms with van der Waals surface area (Å²) in [6.45, 7) is 5.19. The number of anilines is 1. The molecule has 116 valence electrons. The maximum Gasteiger partial charge on any atom is 0.244 e. The fraction of sp³-hybridized carbons (Fsp3) is 0.562. The maximum absolute atomic E-state index is 12.4. The molecule has 0 aromatic heterocycles. The van der Waals surface area contributed by atoms with Gasteiger partial charge in [-0.2, -0.15) is 0 Å². The lowest BCUT2D eigenvalue weighted by molar-refractivity contribution is -0.135. The molecule has 1 amide bonds. The second kappa shape index (κ2) is 8.00. The number of hydrogen-bond acceptors (Lipinski definition) is 4. The van der Waals surface area contributed by atoms with Crippen LogP contribution in [0, 0.1) is 0 Å². The Morgan fingerprint density at radius 3 is 2.81 bits per heavy atom. The molecule has 1 fully saturated rings. The molecule has 1 heterocycles. The van der Waals surface area contributed by atoms with Crippen LogP contribution in [0.5, 0.6) is 0 Å². The molecule has 0 bridgehead atoms. The average molecular weight is 292 g/mol. The van der Waals surface area contributed by atoms with Gasteiger partial charge in [0.25, 0.3) is 0 Å². The Labute approximate surface area is 126 Å². The van der Waals surface area contributed by atoms with Crippen molar-refractivity contribution in [2.45, 2.75) is 19.4 Å². The Bertz CT molecular complexity index is 459. The van der Waals surface area contributed by atoms with Crippen LogP contribution in [0.15, 0.2) is 24.3 Å². The highest BCUT2D eigenvalue weighted by Crippen LogP contribution is 2.17. The van der Waals surface area contributed by atoms with Crippen molar-refractivity contribution in [2.75, 3.05) is 45.3 Å². The predicted molar refractivity (Wildman–Crippen MR) is 82.5 cm³/mol. The van der Waals surface area contributed by atoms with Crippen molar-refractivity contribution in [3.63, 3.8) is 0 Å². The van der Waals surface area contributed by atoms with Gasteiger partial charge in [-0.05, 0) is 25.0 Å². The van der Waals surface area contributed by atoms with Crippen LogP contribution in [0.1, 0.15) is 12.5 Å². The summed E-state index contributed by atoms with van der Waals surface area (Å²) in [6, 6.07) is 7.81. The van der Waals surface area contributed by atoms with E-state index >= 15 is 0 Å². The summed E-state index contributed by atoms with van der Waals surface area (Å²) in [5.74, 6) is 0.125. The number of para-hydroxylation sites is 1. The molecule has 21 heavy (non-hydrogen) atoms. The summed E-state index contributed by atoms with van der Waals surface area (Å²) in [7, 11) is 1.70. The van der Waals surface area contributed by atoms with E-state index in [4.69, 9.17) is 9.47 Å². The van der Waals surface area contributed by atoms with Crippen LogP contribution in [-0.4, -0.2) is 56.9 Å². The van der Waals surface area contributed by atoms with Crippen molar-refractivity contribution in [1.29, 1.82) is 0 Å². The number of amides is 1. The minimum atomic E-state index is -0.244. The minimum Gasteiger partial charge on any atom is -0.384 e. The van der Waals surface area contributed by atoms with E-state index in [-0.39, 0.29) is 11.9 Å². The molecular formula is C16H24N2O3. The lowest BCUT2D eigenvalue weighted by atomic mass is 10.1. The van der Waals surface area contributed by atoms with Gasteiger partial charge in [-0.1, -0.05) is 18.2 Å². The third-order valence-electron chi connectivity index (χ3n) is 3.66. The van der Waals surface area contributed by atoms with Crippen molar-refractivity contribution in [3.8, 4) is 0 Å². The summed E-state index contributed by atoms with van der Waals surface area (Å²) >= 11 is 0. The molecule has 2 rings (SSSR count). The molecule has 1 atom stereocenters. The second-order valence-corrected chi connectivity index (χ2v) is 5.20. The summed E-state index contributed by atoms with van der Waals surface area (Å²) in [6.07, 6.45) is 0.831. The van der Waals surface area contributed by atoms with E-state index in [9.17, 15) is 4.79 Å². The number of carbonyl (C=O) groups excluding carboxylic acids is 1. The van der Waals surface area contributed by atoms with E-state index in [1.807, 2.05) is 30.0 Å². The molecule has 5 nitrogen and oxygen atoms in total. The SMILES string of the molecule is COCCc1ccccc1NC(C)C(=O)N1CCOCC1. The van der Waals surface area contributed by atoms with Gasteiger partial charge in [-0.3, -0.25) is 4.79 Å². The second-order valence-electron chi connectivity index (χ2n) is 5.20. The molecule has 1 aliphatic heterocycles. The zero-order valence-electron chi connectivity index (χ0n) is 12.8. The Kier molecular flexibility index (Phi) is 6.02. The van der Waals surface area contributed by atoms with Crippen LogP contribution in [0.25, 0.3) is 0 Å². The first kappa shape index (κ1) is 15.8. The maximum atomic E-state index is 12.4. The summed E-state index contributed by atoms with van der Waals surface area (Å²) in [5.41, 5.74) is 2.17. The highest BCUT2D eigenvalue weighted by molar-refractivity contribution is 5.84. The van der Waals surface area contributed by atoms with E-state index in [0.29, 0.717) is 32.9 Å². The molecule has 1 aliphatic rings. The third-order valence-corrected chi connectivity index (χ3v) is 3.66. The minimum absolute atomic E-state index is 0.125. The summed E-state index contributed by atoms with van der Waals surface area (Å²) in [4.78, 5) is 14.3. The van der Waals surface area contributed by atoms with E-state index in [2.05, 4.69) is 11.4 Å². The molecule has 0 spiro atoms. The monoisotopic (exact) mass is 292 g/mol. The fourth-order valence-electron chi connectivity index (χ4n) is 2.44. The van der Waals surface area contributed by atoms with Gasteiger partial charge in [0.1, 0.15) is 6.04 Å². The van der Waals surface area contributed by atoms with Gasteiger partial charge < -0.3 is 19.7 Å². The van der Waals surface area contributed by atoms with E-state index in [1.54, 1.807) is 7.11 Å². The molecule has 1 N–H and O–H groups in total. The number of benzene rings is 1. The van der Waals surface area contributed by atoms with Crippen molar-refractivity contribution >= 4 is 11.6 Å². The number of rotatable bonds is 6. The molecular weight excluding hydrogens is 268 g/mol. The zero-order chi connectivity index (χ0) is 15.1. The number of carbonyl (C=O) groups is 1. The van der Waals surface area contributed by atoms with Gasteiger partial charge in [0, 0.05) is 25.9 Å². The van der Waals surface area contributed by atoms with Crippen LogP contribution in [0.4, 0.5) is 5.69 Å². The van der Waals surface area contributed by atoms with Gasteiger partial charge in [0.2, 0.25) is 5.91 Å². The van der Waals surface area contributed by atoms with Gasteiger partial charge in [-0.15, -0.1) is 0 Å². The molecule has 0 saturated carbocycles. The molecule has 1 unspecified atom stereocenters. The van der Waals surface area contributed by atoms with Crippen molar-refractivity contribution in [2.24, 2.45) is 0 Å². The first-order chi connectivity index (χ1) is 10.2. The van der Waals surface area contributed by atoms with Crippen LogP contribution >= 0.6 is 0 Å². The van der Waals surface area contributed by atoms with Crippen LogP contribution in [0.3, 0.4) is 0 Å². The van der Waals surface area contributed by atoms with Gasteiger partial charge in [0.15, 0.2) is 0 Å². The van der Waals surface area contributed by atoms with E-state index < -0.39 is 0 Å². The molecule has 0 aliphatic carbocycles. The van der Waals surface area contributed by atoms with Gasteiger partial charge >= 0.3 is 0 Å². The first-order valence-corrected chi connectivity index (χ1v) is 7.42. The smallest absolute Gasteiger partial charge is 0.244 e. The third kappa shape index (κ3) is 4.44. The molecule has 1 aromatic carbocycles. The summed E-state index contributed by atoms with van der Waals surface area (Å²) < 4.78 is 10.4. The molecule has 0 radical (unpaired) electrons. The lowest BCUT2D eigenvalue weighted by Crippen LogP contribution is -2.47. The molecule has 1 saturated heterocycles. The highest BCUT2D eigenvalue weighted by Gasteiger charge is 2.22. The predicted octanol–water partition coefficient (Wildman–Crippen LogP) is 1.53. The van der Waals surface area contributed by atoms with E-state index in [1.165, 1.54) is 5.56 Å². The van der Waals surface area contributed by atoms with Gasteiger partial charge in [0.05, 0.1) is 19.8 Å². The van der Waals surface area contributed by atoms with Crippen molar-refractivity contribution in [1.82, 2.24) is 4.90 Å². The zero-order valence-corrected chi connectivity index (χ0v) is 12.8. The number of methoxy groups -OCH3 is 1. The van der Waals surface area contributed by atoms with E-state index in [0.717, 1.165) is 12.1 Å². The number of ether oxygens (including phenoxy) is 2. The number of nitrogens with zero attached hydrogens (tertiary/aromatic N) is 1. The van der Waals surface area contributed by atoms with Crippen molar-refractivity contribution in [3.05, 3.63) is 29.8 Å². The Morgan fingerprint density at radius 1 is 1.38 bits per heavy atom. The first-order valence-electron chi connectivity index (χ1n) is 7.42. The average Bonchev–Trinajstić information content (AvgIpc) is 2.54. The van der Waals surface area contributed by atoms with Crippen LogP contribution in [-0.2, 0) is 20.7 Å². The Balaban J connectivity index is 1.98. The van der Waals surface area contributed by atoms with Crippen LogP contribution < -0.4 is 5.32 Å². The molecule has 5 heteroatoms. The largest absolute Gasteiger partial charge is 0.384 e. The number of morpholine rings is 1.